The van der Waals surface area contributed by atoms with Gasteiger partial charge in [0.25, 0.3) is 5.91 Å². The van der Waals surface area contributed by atoms with E-state index in [1.807, 2.05) is 56.3 Å². The Morgan fingerprint density at radius 1 is 1.00 bits per heavy atom. The molecule has 0 aromatic heterocycles. The highest BCUT2D eigenvalue weighted by molar-refractivity contribution is 14.0. The molecule has 1 amide bonds. The second-order valence-corrected chi connectivity index (χ2v) is 6.95. The van der Waals surface area contributed by atoms with Gasteiger partial charge < -0.3 is 25.4 Å². The number of guanidine groups is 1. The van der Waals surface area contributed by atoms with Gasteiger partial charge >= 0.3 is 0 Å². The molecule has 1 atom stereocenters. The van der Waals surface area contributed by atoms with Crippen LogP contribution in [0.5, 0.6) is 11.5 Å². The van der Waals surface area contributed by atoms with Crippen LogP contribution in [0.4, 0.5) is 0 Å². The van der Waals surface area contributed by atoms with Crippen LogP contribution < -0.4 is 25.4 Å². The molecule has 0 spiro atoms. The normalized spacial score (nSPS) is 11.7. The van der Waals surface area contributed by atoms with Crippen molar-refractivity contribution in [2.45, 2.75) is 39.4 Å². The molecule has 8 heteroatoms. The van der Waals surface area contributed by atoms with Crippen LogP contribution in [0, 0.1) is 0 Å². The monoisotopic (exact) mass is 540 g/mol. The van der Waals surface area contributed by atoms with Crippen LogP contribution in [0.3, 0.4) is 0 Å². The SMILES string of the molecule is CCC(C)NC(=O)c1cccc(CNC(=NC)NCc2ccc(OC)c(OC)c2)c1.I. The standard InChI is InChI=1S/C23H32N4O3.HI/c1-6-16(2)27-22(28)19-9-7-8-17(12-19)14-25-23(24-3)26-15-18-10-11-20(29-4)21(13-18)30-5;/h7-13,16H,6,14-15H2,1-5H3,(H,27,28)(H2,24,25,26);1H. The van der Waals surface area contributed by atoms with E-state index in [-0.39, 0.29) is 35.9 Å². The maximum Gasteiger partial charge on any atom is 0.251 e. The van der Waals surface area contributed by atoms with Crippen molar-refractivity contribution in [3.8, 4) is 11.5 Å². The smallest absolute Gasteiger partial charge is 0.251 e. The van der Waals surface area contributed by atoms with Gasteiger partial charge in [0.1, 0.15) is 0 Å². The number of hydrogen-bond acceptors (Lipinski definition) is 4. The molecule has 170 valence electrons. The summed E-state index contributed by atoms with van der Waals surface area (Å²) in [5.41, 5.74) is 2.70. The Morgan fingerprint density at radius 2 is 1.65 bits per heavy atom. The zero-order chi connectivity index (χ0) is 21.9. The van der Waals surface area contributed by atoms with Crippen molar-refractivity contribution in [3.05, 3.63) is 59.2 Å². The molecule has 0 aliphatic carbocycles. The van der Waals surface area contributed by atoms with Gasteiger partial charge in [-0.25, -0.2) is 0 Å². The zero-order valence-electron chi connectivity index (χ0n) is 18.8. The van der Waals surface area contributed by atoms with Crippen LogP contribution in [-0.4, -0.2) is 39.2 Å². The Kier molecular flexibility index (Phi) is 11.8. The average molecular weight is 540 g/mol. The number of ether oxygens (including phenoxy) is 2. The molecule has 0 fully saturated rings. The lowest BCUT2D eigenvalue weighted by atomic mass is 10.1. The van der Waals surface area contributed by atoms with Crippen LogP contribution in [-0.2, 0) is 13.1 Å². The van der Waals surface area contributed by atoms with E-state index in [1.54, 1.807) is 21.3 Å². The van der Waals surface area contributed by atoms with E-state index in [0.717, 1.165) is 17.5 Å². The second-order valence-electron chi connectivity index (χ2n) is 6.95. The lowest BCUT2D eigenvalue weighted by Crippen LogP contribution is -2.36. The topological polar surface area (TPSA) is 84.0 Å². The number of hydrogen-bond donors (Lipinski definition) is 3. The Balaban J connectivity index is 0.00000480. The molecule has 31 heavy (non-hydrogen) atoms. The summed E-state index contributed by atoms with van der Waals surface area (Å²) in [6.07, 6.45) is 0.898. The number of aliphatic imine (C=N–C) groups is 1. The average Bonchev–Trinajstić information content (AvgIpc) is 2.78. The van der Waals surface area contributed by atoms with Crippen molar-refractivity contribution in [3.63, 3.8) is 0 Å². The third-order valence-electron chi connectivity index (χ3n) is 4.77. The molecule has 0 aliphatic rings. The highest BCUT2D eigenvalue weighted by Gasteiger charge is 2.09. The van der Waals surface area contributed by atoms with Gasteiger partial charge in [-0.15, -0.1) is 24.0 Å². The molecule has 0 radical (unpaired) electrons. The van der Waals surface area contributed by atoms with Gasteiger partial charge in [-0.1, -0.05) is 25.1 Å². The highest BCUT2D eigenvalue weighted by atomic mass is 127. The Hall–Kier alpha value is -2.49. The first-order valence-corrected chi connectivity index (χ1v) is 10.1. The molecule has 0 heterocycles. The van der Waals surface area contributed by atoms with Gasteiger partial charge in [-0.05, 0) is 48.7 Å². The maximum atomic E-state index is 12.3. The molecule has 2 aromatic carbocycles. The third-order valence-corrected chi connectivity index (χ3v) is 4.77. The molecule has 0 saturated carbocycles. The first-order chi connectivity index (χ1) is 14.5. The van der Waals surface area contributed by atoms with Gasteiger partial charge in [0, 0.05) is 31.7 Å². The fourth-order valence-corrected chi connectivity index (χ4v) is 2.81. The summed E-state index contributed by atoms with van der Waals surface area (Å²) in [7, 11) is 4.96. The summed E-state index contributed by atoms with van der Waals surface area (Å²) in [5.74, 6) is 2.00. The van der Waals surface area contributed by atoms with Gasteiger partial charge in [-0.3, -0.25) is 9.79 Å². The molecule has 3 N–H and O–H groups in total. The van der Waals surface area contributed by atoms with Gasteiger partial charge in [0.15, 0.2) is 17.5 Å². The number of amides is 1. The van der Waals surface area contributed by atoms with E-state index in [2.05, 4.69) is 20.9 Å². The first-order valence-electron chi connectivity index (χ1n) is 10.1. The van der Waals surface area contributed by atoms with Crippen LogP contribution in [0.15, 0.2) is 47.5 Å². The van der Waals surface area contributed by atoms with Crippen molar-refractivity contribution >= 4 is 35.8 Å². The Labute approximate surface area is 202 Å². The number of methoxy groups -OCH3 is 2. The van der Waals surface area contributed by atoms with E-state index in [1.165, 1.54) is 0 Å². The maximum absolute atomic E-state index is 12.3. The summed E-state index contributed by atoms with van der Waals surface area (Å²) in [4.78, 5) is 16.6. The lowest BCUT2D eigenvalue weighted by molar-refractivity contribution is 0.0939. The number of carbonyl (C=O) groups excluding carboxylic acids is 1. The summed E-state index contributed by atoms with van der Waals surface area (Å²) < 4.78 is 10.6. The van der Waals surface area contributed by atoms with E-state index >= 15 is 0 Å². The number of carbonyl (C=O) groups is 1. The van der Waals surface area contributed by atoms with Gasteiger partial charge in [-0.2, -0.15) is 0 Å². The third kappa shape index (κ3) is 8.28. The molecule has 2 aromatic rings. The summed E-state index contributed by atoms with van der Waals surface area (Å²) >= 11 is 0. The van der Waals surface area contributed by atoms with Crippen LogP contribution in [0.1, 0.15) is 41.8 Å². The predicted octanol–water partition coefficient (Wildman–Crippen LogP) is 3.72. The molecular formula is C23H33IN4O3. The minimum absolute atomic E-state index is 0. The summed E-state index contributed by atoms with van der Waals surface area (Å²) in [5, 5.41) is 9.55. The van der Waals surface area contributed by atoms with Crippen molar-refractivity contribution in [1.29, 1.82) is 0 Å². The second kappa shape index (κ2) is 13.7. The molecule has 0 bridgehead atoms. The van der Waals surface area contributed by atoms with Crippen molar-refractivity contribution in [1.82, 2.24) is 16.0 Å². The molecule has 7 nitrogen and oxygen atoms in total. The summed E-state index contributed by atoms with van der Waals surface area (Å²) in [6, 6.07) is 13.5. The van der Waals surface area contributed by atoms with E-state index < -0.39 is 0 Å². The van der Waals surface area contributed by atoms with E-state index in [0.29, 0.717) is 36.1 Å². The Morgan fingerprint density at radius 3 is 2.23 bits per heavy atom. The number of benzene rings is 2. The number of halogens is 1. The molecule has 0 aliphatic heterocycles. The number of rotatable bonds is 9. The van der Waals surface area contributed by atoms with Gasteiger partial charge in [0.2, 0.25) is 0 Å². The zero-order valence-corrected chi connectivity index (χ0v) is 21.2. The Bertz CT molecular complexity index is 874. The quantitative estimate of drug-likeness (QED) is 0.257. The van der Waals surface area contributed by atoms with Crippen molar-refractivity contribution < 1.29 is 14.3 Å². The predicted molar refractivity (Wildman–Crippen MR) is 136 cm³/mol. The lowest BCUT2D eigenvalue weighted by Gasteiger charge is -2.14. The minimum atomic E-state index is -0.0536. The highest BCUT2D eigenvalue weighted by Crippen LogP contribution is 2.27. The molecular weight excluding hydrogens is 507 g/mol. The van der Waals surface area contributed by atoms with Gasteiger partial charge in [0.05, 0.1) is 14.2 Å². The van der Waals surface area contributed by atoms with E-state index in [9.17, 15) is 4.79 Å². The summed E-state index contributed by atoms with van der Waals surface area (Å²) in [6.45, 7) is 5.18. The van der Waals surface area contributed by atoms with Crippen LogP contribution >= 0.6 is 24.0 Å². The van der Waals surface area contributed by atoms with Crippen molar-refractivity contribution in [2.75, 3.05) is 21.3 Å². The fourth-order valence-electron chi connectivity index (χ4n) is 2.81. The number of nitrogens with one attached hydrogen (secondary N) is 3. The first kappa shape index (κ1) is 26.5. The van der Waals surface area contributed by atoms with E-state index in [4.69, 9.17) is 9.47 Å². The fraction of sp³-hybridized carbons (Fsp3) is 0.391. The largest absolute Gasteiger partial charge is 0.493 e. The van der Waals surface area contributed by atoms with Crippen molar-refractivity contribution in [2.24, 2.45) is 4.99 Å². The minimum Gasteiger partial charge on any atom is -0.493 e. The molecule has 1 unspecified atom stereocenters. The molecule has 2 rings (SSSR count). The molecule has 0 saturated heterocycles. The number of nitrogens with zero attached hydrogens (tertiary/aromatic N) is 1. The van der Waals surface area contributed by atoms with Crippen LogP contribution in [0.25, 0.3) is 0 Å². The van der Waals surface area contributed by atoms with Crippen LogP contribution in [0.2, 0.25) is 0 Å².